The van der Waals surface area contributed by atoms with Gasteiger partial charge in [0.25, 0.3) is 0 Å². The van der Waals surface area contributed by atoms with Crippen LogP contribution in [0.5, 0.6) is 11.5 Å². The fourth-order valence-corrected chi connectivity index (χ4v) is 4.61. The molecule has 0 spiro atoms. The molecule has 36 heavy (non-hydrogen) atoms. The van der Waals surface area contributed by atoms with Crippen molar-refractivity contribution < 1.29 is 19.1 Å². The van der Waals surface area contributed by atoms with E-state index in [0.717, 1.165) is 42.6 Å². The summed E-state index contributed by atoms with van der Waals surface area (Å²) >= 11 is 0. The van der Waals surface area contributed by atoms with Gasteiger partial charge in [-0.15, -0.1) is 0 Å². The summed E-state index contributed by atoms with van der Waals surface area (Å²) in [6.45, 7) is 20.1. The highest BCUT2D eigenvalue weighted by Crippen LogP contribution is 2.43. The van der Waals surface area contributed by atoms with E-state index in [1.165, 1.54) is 0 Å². The summed E-state index contributed by atoms with van der Waals surface area (Å²) in [4.78, 5) is 25.0. The number of benzene rings is 2. The van der Waals surface area contributed by atoms with Gasteiger partial charge < -0.3 is 9.47 Å². The zero-order valence-corrected chi connectivity index (χ0v) is 24.1. The van der Waals surface area contributed by atoms with E-state index >= 15 is 0 Å². The number of carbonyl (C=O) groups excluding carboxylic acids is 2. The summed E-state index contributed by atoms with van der Waals surface area (Å²) in [5.41, 5.74) is 0.365. The molecule has 4 heteroatoms. The smallest absolute Gasteiger partial charge is 0.316 e. The van der Waals surface area contributed by atoms with Gasteiger partial charge in [-0.3, -0.25) is 9.59 Å². The molecule has 0 aliphatic heterocycles. The molecule has 0 bridgehead atoms. The zero-order valence-electron chi connectivity index (χ0n) is 24.1. The molecule has 2 rings (SSSR count). The second-order valence-corrected chi connectivity index (χ2v) is 11.6. The highest BCUT2D eigenvalue weighted by Gasteiger charge is 2.48. The fourth-order valence-electron chi connectivity index (χ4n) is 4.61. The van der Waals surface area contributed by atoms with Gasteiger partial charge in [-0.2, -0.15) is 0 Å². The van der Waals surface area contributed by atoms with Gasteiger partial charge in [0.1, 0.15) is 22.9 Å². The summed E-state index contributed by atoms with van der Waals surface area (Å²) in [5, 5.41) is 0. The average Bonchev–Trinajstić information content (AvgIpc) is 2.84. The lowest BCUT2D eigenvalue weighted by Gasteiger charge is -2.44. The second-order valence-electron chi connectivity index (χ2n) is 11.6. The SMILES string of the molecule is CCCC(C)(Oc1ccc(C(C)(C)c2ccc(OC(=O)C(C)(C)CC)cc2)cc1)C(C)(CC)C(C)=O. The molecular formula is C32H46O4. The number of ether oxygens (including phenoxy) is 2. The van der Waals surface area contributed by atoms with Gasteiger partial charge in [0.15, 0.2) is 0 Å². The van der Waals surface area contributed by atoms with Crippen LogP contribution in [0.15, 0.2) is 48.5 Å². The average molecular weight is 495 g/mol. The maximum absolute atomic E-state index is 12.6. The molecule has 0 heterocycles. The van der Waals surface area contributed by atoms with E-state index in [1.807, 2.05) is 64.1 Å². The Bertz CT molecular complexity index is 1030. The van der Waals surface area contributed by atoms with Crippen LogP contribution in [0.1, 0.15) is 106 Å². The molecule has 0 saturated carbocycles. The van der Waals surface area contributed by atoms with Crippen LogP contribution in [-0.2, 0) is 15.0 Å². The normalized spacial score (nSPS) is 15.5. The molecule has 2 unspecified atom stereocenters. The highest BCUT2D eigenvalue weighted by atomic mass is 16.5. The topological polar surface area (TPSA) is 52.6 Å². The molecule has 0 saturated heterocycles. The van der Waals surface area contributed by atoms with Gasteiger partial charge >= 0.3 is 5.97 Å². The Morgan fingerprint density at radius 3 is 1.58 bits per heavy atom. The van der Waals surface area contributed by atoms with E-state index < -0.39 is 16.4 Å². The molecule has 0 fully saturated rings. The van der Waals surface area contributed by atoms with Gasteiger partial charge in [0.05, 0.1) is 10.8 Å². The minimum Gasteiger partial charge on any atom is -0.487 e. The number of carbonyl (C=O) groups is 2. The molecule has 0 aliphatic carbocycles. The van der Waals surface area contributed by atoms with Crippen LogP contribution in [-0.4, -0.2) is 17.4 Å². The van der Waals surface area contributed by atoms with Gasteiger partial charge in [-0.25, -0.2) is 0 Å². The third kappa shape index (κ3) is 6.02. The summed E-state index contributed by atoms with van der Waals surface area (Å²) in [7, 11) is 0. The number of rotatable bonds is 12. The Kier molecular flexibility index (Phi) is 9.20. The Balaban J connectivity index is 2.25. The van der Waals surface area contributed by atoms with Crippen molar-refractivity contribution in [2.75, 3.05) is 0 Å². The lowest BCUT2D eigenvalue weighted by atomic mass is 9.67. The number of Topliss-reactive ketones (excluding diaryl/α,β-unsaturated/α-hetero) is 1. The maximum Gasteiger partial charge on any atom is 0.316 e. The van der Waals surface area contributed by atoms with Crippen LogP contribution in [0.25, 0.3) is 0 Å². The molecular weight excluding hydrogens is 448 g/mol. The zero-order chi connectivity index (χ0) is 27.4. The van der Waals surface area contributed by atoms with Crippen LogP contribution in [0.4, 0.5) is 0 Å². The summed E-state index contributed by atoms with van der Waals surface area (Å²) in [6, 6.07) is 16.0. The minimum atomic E-state index is -0.584. The molecule has 2 aromatic carbocycles. The van der Waals surface area contributed by atoms with Crippen LogP contribution < -0.4 is 9.47 Å². The molecule has 198 valence electrons. The quantitative estimate of drug-likeness (QED) is 0.220. The summed E-state index contributed by atoms with van der Waals surface area (Å²) in [5.74, 6) is 1.27. The van der Waals surface area contributed by atoms with Crippen molar-refractivity contribution >= 4 is 11.8 Å². The van der Waals surface area contributed by atoms with E-state index in [9.17, 15) is 9.59 Å². The first-order valence-electron chi connectivity index (χ1n) is 13.3. The van der Waals surface area contributed by atoms with Crippen LogP contribution in [0.3, 0.4) is 0 Å². The number of esters is 1. The first-order valence-corrected chi connectivity index (χ1v) is 13.3. The molecule has 0 radical (unpaired) electrons. The predicted molar refractivity (Wildman–Crippen MR) is 148 cm³/mol. The van der Waals surface area contributed by atoms with Gasteiger partial charge in [-0.05, 0) is 89.3 Å². The Hall–Kier alpha value is -2.62. The molecule has 0 N–H and O–H groups in total. The van der Waals surface area contributed by atoms with E-state index in [1.54, 1.807) is 6.92 Å². The van der Waals surface area contributed by atoms with Gasteiger partial charge in [0.2, 0.25) is 0 Å². The fraction of sp³-hybridized carbons (Fsp3) is 0.562. The molecule has 0 aliphatic rings. The summed E-state index contributed by atoms with van der Waals surface area (Å²) < 4.78 is 12.2. The van der Waals surface area contributed by atoms with Crippen molar-refractivity contribution in [3.63, 3.8) is 0 Å². The lowest BCUT2D eigenvalue weighted by molar-refractivity contribution is -0.144. The Morgan fingerprint density at radius 1 is 0.722 bits per heavy atom. The highest BCUT2D eigenvalue weighted by molar-refractivity contribution is 5.83. The monoisotopic (exact) mass is 494 g/mol. The maximum atomic E-state index is 12.6. The molecule has 0 aromatic heterocycles. The van der Waals surface area contributed by atoms with Gasteiger partial charge in [-0.1, -0.05) is 65.3 Å². The van der Waals surface area contributed by atoms with Crippen molar-refractivity contribution in [1.82, 2.24) is 0 Å². The Labute approximate surface area is 218 Å². The van der Waals surface area contributed by atoms with E-state index in [2.05, 4.69) is 46.8 Å². The van der Waals surface area contributed by atoms with Crippen LogP contribution in [0, 0.1) is 10.8 Å². The molecule has 0 amide bonds. The lowest BCUT2D eigenvalue weighted by Crippen LogP contribution is -2.52. The van der Waals surface area contributed by atoms with Crippen molar-refractivity contribution in [3.8, 4) is 11.5 Å². The van der Waals surface area contributed by atoms with Gasteiger partial charge in [0, 0.05) is 5.41 Å². The van der Waals surface area contributed by atoms with Crippen LogP contribution >= 0.6 is 0 Å². The first kappa shape index (κ1) is 29.6. The van der Waals surface area contributed by atoms with E-state index in [0.29, 0.717) is 5.75 Å². The molecule has 2 aromatic rings. The van der Waals surface area contributed by atoms with Crippen LogP contribution in [0.2, 0.25) is 0 Å². The standard InChI is InChI=1S/C32H46O4/c1-11-22-32(10,31(9,13-3)23(4)33)36-27-20-16-25(17-21-27)30(7,8)24-14-18-26(19-15-24)35-28(34)29(5,6)12-2/h14-21H,11-13,22H2,1-10H3. The van der Waals surface area contributed by atoms with E-state index in [4.69, 9.17) is 9.47 Å². The van der Waals surface area contributed by atoms with Crippen molar-refractivity contribution in [2.24, 2.45) is 10.8 Å². The largest absolute Gasteiger partial charge is 0.487 e. The first-order chi connectivity index (χ1) is 16.7. The van der Waals surface area contributed by atoms with E-state index in [-0.39, 0.29) is 17.2 Å². The predicted octanol–water partition coefficient (Wildman–Crippen LogP) is 8.30. The number of hydrogen-bond donors (Lipinski definition) is 0. The minimum absolute atomic E-state index is 0.158. The summed E-state index contributed by atoms with van der Waals surface area (Å²) in [6.07, 6.45) is 3.19. The van der Waals surface area contributed by atoms with Crippen molar-refractivity contribution in [1.29, 1.82) is 0 Å². The third-order valence-electron chi connectivity index (χ3n) is 8.52. The number of ketones is 1. The third-order valence-corrected chi connectivity index (χ3v) is 8.52. The molecule has 4 nitrogen and oxygen atoms in total. The second kappa shape index (κ2) is 11.2. The Morgan fingerprint density at radius 2 is 1.19 bits per heavy atom. The molecule has 2 atom stereocenters. The van der Waals surface area contributed by atoms with Crippen molar-refractivity contribution in [3.05, 3.63) is 59.7 Å². The van der Waals surface area contributed by atoms with Crippen molar-refractivity contribution in [2.45, 2.75) is 106 Å². The number of hydrogen-bond acceptors (Lipinski definition) is 4.